The van der Waals surface area contributed by atoms with Crippen LogP contribution in [0.1, 0.15) is 24.9 Å². The lowest BCUT2D eigenvalue weighted by Gasteiger charge is -2.12. The van der Waals surface area contributed by atoms with Crippen LogP contribution in [-0.4, -0.2) is 13.1 Å². The highest BCUT2D eigenvalue weighted by Crippen LogP contribution is 2.07. The van der Waals surface area contributed by atoms with Crippen molar-refractivity contribution in [2.45, 2.75) is 19.4 Å². The zero-order chi connectivity index (χ0) is 9.52. The first-order chi connectivity index (χ1) is 6.34. The highest BCUT2D eigenvalue weighted by Gasteiger charge is 2.02. The third kappa shape index (κ3) is 3.57. The fourth-order valence-electron chi connectivity index (χ4n) is 1.25. The Balaban J connectivity index is 2.35. The minimum atomic E-state index is 0.118. The lowest BCUT2D eigenvalue weighted by molar-refractivity contribution is 0.594. The average Bonchev–Trinajstić information content (AvgIpc) is 2.19. The van der Waals surface area contributed by atoms with E-state index in [0.29, 0.717) is 0 Å². The average molecular weight is 178 g/mol. The van der Waals surface area contributed by atoms with E-state index in [2.05, 4.69) is 24.4 Å². The molecule has 1 aromatic rings. The second-order valence-electron chi connectivity index (χ2n) is 3.22. The minimum absolute atomic E-state index is 0.118. The van der Waals surface area contributed by atoms with Gasteiger partial charge in [0.1, 0.15) is 0 Å². The molecule has 0 aliphatic rings. The van der Waals surface area contributed by atoms with Gasteiger partial charge in [0.05, 0.1) is 0 Å². The summed E-state index contributed by atoms with van der Waals surface area (Å²) in [6.45, 7) is 4.05. The van der Waals surface area contributed by atoms with Gasteiger partial charge in [-0.3, -0.25) is 0 Å². The van der Waals surface area contributed by atoms with E-state index in [1.165, 1.54) is 5.56 Å². The normalized spacial score (nSPS) is 12.8. The predicted molar refractivity (Wildman–Crippen MR) is 56.5 cm³/mol. The fourth-order valence-corrected chi connectivity index (χ4v) is 1.25. The van der Waals surface area contributed by atoms with Crippen LogP contribution in [0, 0.1) is 0 Å². The van der Waals surface area contributed by atoms with Crippen LogP contribution in [0.5, 0.6) is 0 Å². The molecule has 1 rings (SSSR count). The van der Waals surface area contributed by atoms with Crippen molar-refractivity contribution in [1.82, 2.24) is 5.32 Å². The molecule has 0 spiro atoms. The predicted octanol–water partition coefficient (Wildman–Crippen LogP) is 1.69. The molecule has 0 amide bonds. The van der Waals surface area contributed by atoms with E-state index in [1.54, 1.807) is 0 Å². The highest BCUT2D eigenvalue weighted by molar-refractivity contribution is 5.18. The Morgan fingerprint density at radius 3 is 2.62 bits per heavy atom. The molecule has 0 aliphatic carbocycles. The molecule has 0 bridgehead atoms. The van der Waals surface area contributed by atoms with Gasteiger partial charge in [-0.15, -0.1) is 0 Å². The van der Waals surface area contributed by atoms with Gasteiger partial charge in [0.15, 0.2) is 0 Å². The van der Waals surface area contributed by atoms with Crippen molar-refractivity contribution in [2.75, 3.05) is 13.1 Å². The summed E-state index contributed by atoms with van der Waals surface area (Å²) in [4.78, 5) is 0. The lowest BCUT2D eigenvalue weighted by atomic mass is 10.1. The van der Waals surface area contributed by atoms with Crippen LogP contribution in [0.25, 0.3) is 0 Å². The topological polar surface area (TPSA) is 38.0 Å². The lowest BCUT2D eigenvalue weighted by Crippen LogP contribution is -2.27. The van der Waals surface area contributed by atoms with Crippen LogP contribution in [0.2, 0.25) is 0 Å². The fraction of sp³-hybridized carbons (Fsp3) is 0.455. The Hall–Kier alpha value is -0.860. The highest BCUT2D eigenvalue weighted by atomic mass is 14.9. The maximum atomic E-state index is 5.97. The molecule has 1 aromatic carbocycles. The zero-order valence-electron chi connectivity index (χ0n) is 8.16. The number of hydrogen-bond acceptors (Lipinski definition) is 2. The summed E-state index contributed by atoms with van der Waals surface area (Å²) in [5.74, 6) is 0. The van der Waals surface area contributed by atoms with E-state index in [-0.39, 0.29) is 6.04 Å². The molecule has 0 unspecified atom stereocenters. The summed E-state index contributed by atoms with van der Waals surface area (Å²) < 4.78 is 0. The number of nitrogens with two attached hydrogens (primary N) is 1. The molecule has 0 aliphatic heterocycles. The first-order valence-electron chi connectivity index (χ1n) is 4.86. The Labute approximate surface area is 80.1 Å². The van der Waals surface area contributed by atoms with Gasteiger partial charge in [0, 0.05) is 12.6 Å². The summed E-state index contributed by atoms with van der Waals surface area (Å²) in [6, 6.07) is 10.3. The largest absolute Gasteiger partial charge is 0.323 e. The second kappa shape index (κ2) is 5.73. The molecule has 0 saturated carbocycles. The van der Waals surface area contributed by atoms with Gasteiger partial charge in [0.25, 0.3) is 0 Å². The summed E-state index contributed by atoms with van der Waals surface area (Å²) in [5, 5.41) is 3.31. The third-order valence-corrected chi connectivity index (χ3v) is 2.02. The van der Waals surface area contributed by atoms with Crippen molar-refractivity contribution < 1.29 is 0 Å². The second-order valence-corrected chi connectivity index (χ2v) is 3.22. The Morgan fingerprint density at radius 2 is 2.00 bits per heavy atom. The standard InChI is InChI=1S/C11H18N2/c1-2-8-13-9-11(12)10-6-4-3-5-7-10/h3-7,11,13H,2,8-9,12H2,1H3/t11-/m1/s1. The van der Waals surface area contributed by atoms with E-state index in [0.717, 1.165) is 19.5 Å². The number of rotatable bonds is 5. The van der Waals surface area contributed by atoms with E-state index < -0.39 is 0 Å². The summed E-state index contributed by atoms with van der Waals surface area (Å²) in [6.07, 6.45) is 1.15. The van der Waals surface area contributed by atoms with Gasteiger partial charge in [-0.05, 0) is 18.5 Å². The molecule has 1 atom stereocenters. The van der Waals surface area contributed by atoms with Crippen molar-refractivity contribution in [1.29, 1.82) is 0 Å². The van der Waals surface area contributed by atoms with Gasteiger partial charge in [-0.2, -0.15) is 0 Å². The van der Waals surface area contributed by atoms with Crippen molar-refractivity contribution in [3.05, 3.63) is 35.9 Å². The van der Waals surface area contributed by atoms with E-state index in [1.807, 2.05) is 18.2 Å². The molecular formula is C11H18N2. The molecule has 3 N–H and O–H groups in total. The smallest absolute Gasteiger partial charge is 0.0421 e. The van der Waals surface area contributed by atoms with Crippen molar-refractivity contribution in [3.8, 4) is 0 Å². The first kappa shape index (κ1) is 10.2. The molecule has 72 valence electrons. The summed E-state index contributed by atoms with van der Waals surface area (Å²) in [5.41, 5.74) is 7.17. The van der Waals surface area contributed by atoms with Crippen LogP contribution in [0.3, 0.4) is 0 Å². The van der Waals surface area contributed by atoms with Crippen molar-refractivity contribution in [3.63, 3.8) is 0 Å². The Bertz CT molecular complexity index is 221. The van der Waals surface area contributed by atoms with Gasteiger partial charge in [0.2, 0.25) is 0 Å². The molecule has 0 heterocycles. The van der Waals surface area contributed by atoms with E-state index >= 15 is 0 Å². The van der Waals surface area contributed by atoms with Gasteiger partial charge >= 0.3 is 0 Å². The molecule has 2 nitrogen and oxygen atoms in total. The Morgan fingerprint density at radius 1 is 1.31 bits per heavy atom. The molecule has 0 radical (unpaired) electrons. The van der Waals surface area contributed by atoms with Crippen LogP contribution < -0.4 is 11.1 Å². The monoisotopic (exact) mass is 178 g/mol. The zero-order valence-corrected chi connectivity index (χ0v) is 8.16. The van der Waals surface area contributed by atoms with Crippen LogP contribution in [-0.2, 0) is 0 Å². The van der Waals surface area contributed by atoms with Gasteiger partial charge in [-0.1, -0.05) is 37.3 Å². The maximum Gasteiger partial charge on any atom is 0.0421 e. The molecular weight excluding hydrogens is 160 g/mol. The molecule has 0 fully saturated rings. The maximum absolute atomic E-state index is 5.97. The van der Waals surface area contributed by atoms with Crippen molar-refractivity contribution >= 4 is 0 Å². The van der Waals surface area contributed by atoms with Gasteiger partial charge < -0.3 is 11.1 Å². The van der Waals surface area contributed by atoms with E-state index in [9.17, 15) is 0 Å². The van der Waals surface area contributed by atoms with Crippen LogP contribution >= 0.6 is 0 Å². The Kier molecular flexibility index (Phi) is 4.50. The summed E-state index contributed by atoms with van der Waals surface area (Å²) >= 11 is 0. The van der Waals surface area contributed by atoms with E-state index in [4.69, 9.17) is 5.73 Å². The SMILES string of the molecule is CCCNC[C@@H](N)c1ccccc1. The van der Waals surface area contributed by atoms with Crippen LogP contribution in [0.4, 0.5) is 0 Å². The minimum Gasteiger partial charge on any atom is -0.323 e. The van der Waals surface area contributed by atoms with Gasteiger partial charge in [-0.25, -0.2) is 0 Å². The van der Waals surface area contributed by atoms with Crippen molar-refractivity contribution in [2.24, 2.45) is 5.73 Å². The summed E-state index contributed by atoms with van der Waals surface area (Å²) in [7, 11) is 0. The molecule has 2 heteroatoms. The third-order valence-electron chi connectivity index (χ3n) is 2.02. The molecule has 0 aromatic heterocycles. The molecule has 0 saturated heterocycles. The quantitative estimate of drug-likeness (QED) is 0.673. The number of hydrogen-bond donors (Lipinski definition) is 2. The number of nitrogens with one attached hydrogen (secondary N) is 1. The molecule has 13 heavy (non-hydrogen) atoms. The van der Waals surface area contributed by atoms with Crippen LogP contribution in [0.15, 0.2) is 30.3 Å². The number of benzene rings is 1. The first-order valence-corrected chi connectivity index (χ1v) is 4.86.